The topological polar surface area (TPSA) is 431 Å². The van der Waals surface area contributed by atoms with Crippen LogP contribution in [0.15, 0.2) is 104 Å². The van der Waals surface area contributed by atoms with Crippen molar-refractivity contribution in [3.63, 3.8) is 0 Å². The first-order valence-electron chi connectivity index (χ1n) is 43.9. The highest BCUT2D eigenvalue weighted by atomic mass is 35.5. The van der Waals surface area contributed by atoms with Crippen molar-refractivity contribution >= 4 is 105 Å². The second-order valence-electron chi connectivity index (χ2n) is 31.3. The van der Waals surface area contributed by atoms with Crippen LogP contribution in [0.25, 0.3) is 11.1 Å². The largest absolute Gasteiger partial charge is 0.379 e. The van der Waals surface area contributed by atoms with Gasteiger partial charge in [0, 0.05) is 160 Å². The quantitative estimate of drug-likeness (QED) is 0.0204. The molecule has 129 heavy (non-hydrogen) atoms. The van der Waals surface area contributed by atoms with Crippen molar-refractivity contribution in [2.75, 3.05) is 254 Å². The Balaban J connectivity index is 0.471. The third kappa shape index (κ3) is 35.0. The zero-order chi connectivity index (χ0) is 91.5. The molecule has 9 amide bonds. The molecule has 10 rings (SSSR count). The number of carbonyl (C=O) groups is 9. The second-order valence-corrected chi connectivity index (χ2v) is 31.7. The minimum absolute atomic E-state index is 0.00141. The molecule has 0 radical (unpaired) electrons. The summed E-state index contributed by atoms with van der Waals surface area (Å²) in [5, 5.41) is 29.5. The molecule has 2 saturated heterocycles. The molecule has 3 aromatic carbocycles. The number of ether oxygens (including phenoxy) is 11. The minimum Gasteiger partial charge on any atom is -0.379 e. The Bertz CT molecular complexity index is 4680. The van der Waals surface area contributed by atoms with E-state index in [4.69, 9.17) is 63.7 Å². The van der Waals surface area contributed by atoms with Crippen LogP contribution in [0.5, 0.6) is 0 Å². The number of piperidine rings is 1. The second kappa shape index (κ2) is 54.8. The number of carbonyl (C=O) groups excluding carboxylic acids is 9. The number of benzene rings is 3. The molecule has 3 aliphatic heterocycles. The van der Waals surface area contributed by atoms with Gasteiger partial charge < -0.3 is 133 Å². The number of anilines is 7. The summed E-state index contributed by atoms with van der Waals surface area (Å²) in [6.07, 6.45) is 9.27. The van der Waals surface area contributed by atoms with Crippen molar-refractivity contribution in [2.24, 2.45) is 34.1 Å². The molecule has 0 saturated carbocycles. The molecule has 40 heteroatoms. The molecule has 10 N–H and O–H groups in total. The Morgan fingerprint density at radius 3 is 1.38 bits per heavy atom. The highest BCUT2D eigenvalue weighted by Crippen LogP contribution is 2.42. The highest BCUT2D eigenvalue weighted by Gasteiger charge is 2.34. The number of amides is 9. The SMILES string of the molecule is CC(=O)N1c2ccc(-c3ccc(NC(=O)CCOCCOCCOCCOCCOCCOCCOCCOCCNC(=O)c4cc(NC(=O)c5nc(NC(=O)CCNC(=O)c6cc(NC(=O)c7nc(NC(=O)CCNC(=O)COCCOCCOCCN8CCN(CC9CCNCC9)CC8)cn7C)cn6C)cn5C)cn4C)cc3)cc2[C@H](Nc2ccc(Cl)cc2)C[C@@H]1C. The van der Waals surface area contributed by atoms with Crippen LogP contribution in [-0.4, -0.2) is 315 Å². The van der Waals surface area contributed by atoms with Crippen LogP contribution < -0.4 is 58.1 Å². The molecular formula is C89H126ClN19O20. The average molecular weight is 1820 g/mol. The smallest absolute Gasteiger partial charge is 0.291 e. The standard InChI is InChI=1S/C89H126ClN19O20/c1-63-53-74(95-69-14-10-68(90)11-15-69)73-54-67(9-16-75(73)109(63)64(2)110)66-7-12-70(13-8-66)96-82(113)21-32-119-35-38-122-41-43-124-45-47-126-49-50-127-48-46-125-44-42-123-39-36-120-33-26-94-87(116)77-56-72(59-104(77)4)98-89(118)85-102-79(61-106(85)6)100-81(112)20-25-93-86(115)76-55-71(58-103(76)3)97-88(117)84-101-78(60-105(84)5)99-80(111)19-24-92-83(114)62-129-52-51-128-40-37-121-34-31-107-27-29-108(30-28-107)57-65-17-22-91-23-18-65/h7-16,54-56,58-61,63,65,74,91,95H,17-53,57,62H2,1-6H3,(H,92,114)(H,93,115)(H,94,116)(H,96,113)(H,97,117)(H,98,118)(H,99,111)(H,100,112)/t63-,74+/m0/s1. The number of piperazine rings is 1. The van der Waals surface area contributed by atoms with Gasteiger partial charge in [0.25, 0.3) is 23.6 Å². The lowest BCUT2D eigenvalue weighted by Gasteiger charge is -2.39. The maximum atomic E-state index is 13.4. The Kier molecular flexibility index (Phi) is 42.7. The third-order valence-corrected chi connectivity index (χ3v) is 21.5. The van der Waals surface area contributed by atoms with Crippen LogP contribution in [-0.2, 0) is 104 Å². The number of imidazole rings is 2. The monoisotopic (exact) mass is 1820 g/mol. The van der Waals surface area contributed by atoms with E-state index in [1.54, 1.807) is 45.9 Å². The van der Waals surface area contributed by atoms with Gasteiger partial charge in [0.05, 0.1) is 163 Å². The number of hydrogen-bond acceptors (Lipinski definition) is 26. The summed E-state index contributed by atoms with van der Waals surface area (Å²) in [6.45, 7) is 20.2. The van der Waals surface area contributed by atoms with Gasteiger partial charge in [-0.15, -0.1) is 0 Å². The Labute approximate surface area is 756 Å². The molecular weight excluding hydrogens is 1690 g/mol. The van der Waals surface area contributed by atoms with Crippen molar-refractivity contribution < 1.29 is 95.3 Å². The van der Waals surface area contributed by atoms with Crippen LogP contribution >= 0.6 is 11.6 Å². The molecule has 2 fully saturated rings. The van der Waals surface area contributed by atoms with Crippen molar-refractivity contribution in [2.45, 2.75) is 64.5 Å². The van der Waals surface area contributed by atoms with Crippen molar-refractivity contribution in [3.05, 3.63) is 137 Å². The van der Waals surface area contributed by atoms with E-state index in [9.17, 15) is 43.2 Å². The van der Waals surface area contributed by atoms with Crippen molar-refractivity contribution in [1.29, 1.82) is 0 Å². The van der Waals surface area contributed by atoms with Gasteiger partial charge in [-0.3, -0.25) is 48.1 Å². The summed E-state index contributed by atoms with van der Waals surface area (Å²) in [6, 6.07) is 24.4. The normalized spacial score (nSPS) is 14.8. The van der Waals surface area contributed by atoms with E-state index in [-0.39, 0.29) is 141 Å². The Morgan fingerprint density at radius 1 is 0.426 bits per heavy atom. The van der Waals surface area contributed by atoms with Crippen molar-refractivity contribution in [1.82, 2.24) is 59.3 Å². The van der Waals surface area contributed by atoms with Crippen LogP contribution in [0.3, 0.4) is 0 Å². The number of aryl methyl sites for hydroxylation is 4. The Morgan fingerprint density at radius 2 is 0.868 bits per heavy atom. The van der Waals surface area contributed by atoms with Crippen LogP contribution in [0.4, 0.5) is 40.1 Å². The zero-order valence-electron chi connectivity index (χ0n) is 74.7. The summed E-state index contributed by atoms with van der Waals surface area (Å²) < 4.78 is 67.3. The maximum Gasteiger partial charge on any atom is 0.291 e. The molecule has 0 unspecified atom stereocenters. The number of hydrogen-bond donors (Lipinski definition) is 10. The number of fused-ring (bicyclic) bond motifs is 1. The first-order valence-corrected chi connectivity index (χ1v) is 44.3. The molecule has 0 aliphatic carbocycles. The predicted octanol–water partition coefficient (Wildman–Crippen LogP) is 5.72. The van der Waals surface area contributed by atoms with Gasteiger partial charge >= 0.3 is 0 Å². The summed E-state index contributed by atoms with van der Waals surface area (Å²) >= 11 is 6.14. The molecule has 3 aliphatic rings. The van der Waals surface area contributed by atoms with Crippen LogP contribution in [0, 0.1) is 5.92 Å². The molecule has 39 nitrogen and oxygen atoms in total. The molecule has 7 heterocycles. The van der Waals surface area contributed by atoms with E-state index in [2.05, 4.69) is 85.9 Å². The molecule has 2 atom stereocenters. The number of halogens is 1. The number of aromatic nitrogens is 6. The third-order valence-electron chi connectivity index (χ3n) is 21.3. The van der Waals surface area contributed by atoms with Crippen molar-refractivity contribution in [3.8, 4) is 11.1 Å². The van der Waals surface area contributed by atoms with E-state index in [1.807, 2.05) is 65.6 Å². The predicted molar refractivity (Wildman–Crippen MR) is 485 cm³/mol. The van der Waals surface area contributed by atoms with Gasteiger partial charge in [0.1, 0.15) is 18.0 Å². The van der Waals surface area contributed by atoms with E-state index in [1.165, 1.54) is 63.8 Å². The molecule has 0 bridgehead atoms. The van der Waals surface area contributed by atoms with E-state index >= 15 is 0 Å². The van der Waals surface area contributed by atoms with Gasteiger partial charge in [-0.05, 0) is 123 Å². The van der Waals surface area contributed by atoms with Gasteiger partial charge in [-0.1, -0.05) is 29.8 Å². The van der Waals surface area contributed by atoms with E-state index < -0.39 is 29.5 Å². The summed E-state index contributed by atoms with van der Waals surface area (Å²) in [5.41, 5.74) is 6.57. The summed E-state index contributed by atoms with van der Waals surface area (Å²) in [7, 11) is 6.42. The maximum absolute atomic E-state index is 13.4. The molecule has 704 valence electrons. The van der Waals surface area contributed by atoms with Gasteiger partial charge in [0.2, 0.25) is 41.2 Å². The average Bonchev–Trinajstić information content (AvgIpc) is 1.27. The summed E-state index contributed by atoms with van der Waals surface area (Å²) in [5.74, 6) is -2.69. The van der Waals surface area contributed by atoms with E-state index in [0.29, 0.717) is 135 Å². The van der Waals surface area contributed by atoms with Gasteiger partial charge in [0.15, 0.2) is 11.6 Å². The fourth-order valence-corrected chi connectivity index (χ4v) is 14.8. The first kappa shape index (κ1) is 101. The van der Waals surface area contributed by atoms with Crippen LogP contribution in [0.2, 0.25) is 5.02 Å². The first-order chi connectivity index (χ1) is 62.6. The lowest BCUT2D eigenvalue weighted by atomic mass is 9.89. The van der Waals surface area contributed by atoms with Crippen LogP contribution in [0.1, 0.15) is 106 Å². The fraction of sp³-hybridized carbons (Fsp3) is 0.539. The lowest BCUT2D eigenvalue weighted by molar-refractivity contribution is -0.126. The minimum atomic E-state index is -0.621. The highest BCUT2D eigenvalue weighted by molar-refractivity contribution is 6.30. The lowest BCUT2D eigenvalue weighted by Crippen LogP contribution is -2.49. The molecule has 4 aromatic heterocycles. The fourth-order valence-electron chi connectivity index (χ4n) is 14.7. The van der Waals surface area contributed by atoms with E-state index in [0.717, 1.165) is 86.2 Å². The number of nitrogens with one attached hydrogen (secondary N) is 10. The molecule has 0 spiro atoms. The number of nitrogens with zero attached hydrogens (tertiary/aromatic N) is 9. The number of rotatable bonds is 58. The summed E-state index contributed by atoms with van der Waals surface area (Å²) in [4.78, 5) is 132. The van der Waals surface area contributed by atoms with Gasteiger partial charge in [-0.2, -0.15) is 0 Å². The molecule has 7 aromatic rings. The zero-order valence-corrected chi connectivity index (χ0v) is 75.4. The van der Waals surface area contributed by atoms with Gasteiger partial charge in [-0.25, -0.2) is 9.97 Å². The Hall–Kier alpha value is -10.6.